The van der Waals surface area contributed by atoms with Gasteiger partial charge in [0.15, 0.2) is 0 Å². The molecule has 5 nitrogen and oxygen atoms in total. The van der Waals surface area contributed by atoms with Crippen LogP contribution in [-0.2, 0) is 10.3 Å². The van der Waals surface area contributed by atoms with Crippen LogP contribution >= 0.6 is 11.6 Å². The van der Waals surface area contributed by atoms with Gasteiger partial charge in [-0.15, -0.1) is 0 Å². The van der Waals surface area contributed by atoms with Gasteiger partial charge in [-0.25, -0.2) is 4.79 Å². The Balaban J connectivity index is 2.06. The van der Waals surface area contributed by atoms with Gasteiger partial charge in [0.05, 0.1) is 12.2 Å². The highest BCUT2D eigenvalue weighted by Gasteiger charge is 2.30. The maximum absolute atomic E-state index is 11.2. The SMILES string of the molecule is CC1(c2cccc(-c3cc(Cl)cc(C(=O)O)c3)c2)COCC(N)=N1. The van der Waals surface area contributed by atoms with Crippen molar-refractivity contribution in [3.05, 3.63) is 58.6 Å². The highest BCUT2D eigenvalue weighted by Crippen LogP contribution is 2.32. The summed E-state index contributed by atoms with van der Waals surface area (Å²) in [4.78, 5) is 15.8. The van der Waals surface area contributed by atoms with Gasteiger partial charge in [0.2, 0.25) is 0 Å². The molecule has 0 amide bonds. The molecule has 3 rings (SSSR count). The fourth-order valence-electron chi connectivity index (χ4n) is 2.80. The van der Waals surface area contributed by atoms with Crippen LogP contribution in [0.2, 0.25) is 5.02 Å². The van der Waals surface area contributed by atoms with Gasteiger partial charge < -0.3 is 15.6 Å². The quantitative estimate of drug-likeness (QED) is 0.894. The minimum Gasteiger partial charge on any atom is -0.478 e. The van der Waals surface area contributed by atoms with Crippen LogP contribution in [0.25, 0.3) is 11.1 Å². The van der Waals surface area contributed by atoms with E-state index in [2.05, 4.69) is 4.99 Å². The number of halogens is 1. The van der Waals surface area contributed by atoms with Crippen molar-refractivity contribution in [2.45, 2.75) is 12.5 Å². The number of hydrogen-bond donors (Lipinski definition) is 2. The van der Waals surface area contributed by atoms with E-state index in [1.807, 2.05) is 31.2 Å². The summed E-state index contributed by atoms with van der Waals surface area (Å²) in [5.74, 6) is -0.551. The summed E-state index contributed by atoms with van der Waals surface area (Å²) in [6, 6.07) is 12.5. The zero-order chi connectivity index (χ0) is 17.3. The van der Waals surface area contributed by atoms with E-state index in [4.69, 9.17) is 22.1 Å². The molecule has 1 aliphatic rings. The lowest BCUT2D eigenvalue weighted by Gasteiger charge is -2.30. The zero-order valence-electron chi connectivity index (χ0n) is 13.1. The van der Waals surface area contributed by atoms with E-state index in [0.29, 0.717) is 24.1 Å². The zero-order valence-corrected chi connectivity index (χ0v) is 13.9. The van der Waals surface area contributed by atoms with E-state index < -0.39 is 11.5 Å². The molecule has 0 aromatic heterocycles. The Morgan fingerprint density at radius 1 is 1.29 bits per heavy atom. The second kappa shape index (κ2) is 6.26. The van der Waals surface area contributed by atoms with Crippen LogP contribution in [0.4, 0.5) is 0 Å². The standard InChI is InChI=1S/C18H17ClN2O3/c1-18(10-24-9-16(20)21-18)14-4-2-3-11(6-14)12-5-13(17(22)23)8-15(19)7-12/h2-8H,9-10H2,1H3,(H2,20,21)(H,22,23). The molecule has 0 spiro atoms. The molecule has 24 heavy (non-hydrogen) atoms. The summed E-state index contributed by atoms with van der Waals surface area (Å²) in [7, 11) is 0. The van der Waals surface area contributed by atoms with Crippen LogP contribution in [0, 0.1) is 0 Å². The smallest absolute Gasteiger partial charge is 0.335 e. The Morgan fingerprint density at radius 3 is 2.79 bits per heavy atom. The molecule has 1 unspecified atom stereocenters. The molecule has 2 aromatic carbocycles. The van der Waals surface area contributed by atoms with Crippen LogP contribution in [-0.4, -0.2) is 30.1 Å². The number of nitrogens with two attached hydrogens (primary N) is 1. The van der Waals surface area contributed by atoms with Gasteiger partial charge in [-0.05, 0) is 47.9 Å². The second-order valence-corrected chi connectivity index (χ2v) is 6.42. The van der Waals surface area contributed by atoms with Gasteiger partial charge in [0, 0.05) is 5.02 Å². The van der Waals surface area contributed by atoms with Crippen LogP contribution in [0.15, 0.2) is 47.5 Å². The van der Waals surface area contributed by atoms with Gasteiger partial charge in [-0.3, -0.25) is 4.99 Å². The lowest BCUT2D eigenvalue weighted by atomic mass is 9.90. The third-order valence-corrected chi connectivity index (χ3v) is 4.20. The van der Waals surface area contributed by atoms with E-state index in [-0.39, 0.29) is 5.56 Å². The van der Waals surface area contributed by atoms with Crippen molar-refractivity contribution in [3.63, 3.8) is 0 Å². The van der Waals surface area contributed by atoms with Crippen molar-refractivity contribution in [2.24, 2.45) is 10.7 Å². The van der Waals surface area contributed by atoms with Crippen LogP contribution < -0.4 is 5.73 Å². The molecule has 2 aromatic rings. The lowest BCUT2D eigenvalue weighted by Crippen LogP contribution is -2.37. The van der Waals surface area contributed by atoms with Crippen molar-refractivity contribution in [3.8, 4) is 11.1 Å². The molecule has 0 saturated heterocycles. The number of benzene rings is 2. The summed E-state index contributed by atoms with van der Waals surface area (Å²) in [5, 5.41) is 9.58. The Bertz CT molecular complexity index is 835. The molecular weight excluding hydrogens is 328 g/mol. The molecule has 0 fully saturated rings. The molecular formula is C18H17ClN2O3. The summed E-state index contributed by atoms with van der Waals surface area (Å²) >= 11 is 6.06. The highest BCUT2D eigenvalue weighted by molar-refractivity contribution is 6.31. The Kier molecular flexibility index (Phi) is 4.30. The first-order valence-corrected chi connectivity index (χ1v) is 7.82. The molecule has 1 heterocycles. The van der Waals surface area contributed by atoms with Crippen molar-refractivity contribution in [1.29, 1.82) is 0 Å². The summed E-state index contributed by atoms with van der Waals surface area (Å²) < 4.78 is 5.51. The molecule has 0 aliphatic carbocycles. The largest absolute Gasteiger partial charge is 0.478 e. The number of carboxylic acid groups (broad SMARTS) is 1. The average molecular weight is 345 g/mol. The normalized spacial score (nSPS) is 20.5. The van der Waals surface area contributed by atoms with Gasteiger partial charge >= 0.3 is 5.97 Å². The molecule has 124 valence electrons. The number of nitrogens with zero attached hydrogens (tertiary/aromatic N) is 1. The van der Waals surface area contributed by atoms with E-state index in [1.54, 1.807) is 12.1 Å². The highest BCUT2D eigenvalue weighted by atomic mass is 35.5. The maximum atomic E-state index is 11.2. The van der Waals surface area contributed by atoms with E-state index in [1.165, 1.54) is 6.07 Å². The number of ether oxygens (including phenoxy) is 1. The monoisotopic (exact) mass is 344 g/mol. The van der Waals surface area contributed by atoms with Gasteiger partial charge in [-0.2, -0.15) is 0 Å². The fourth-order valence-corrected chi connectivity index (χ4v) is 3.03. The van der Waals surface area contributed by atoms with E-state index in [9.17, 15) is 9.90 Å². The molecule has 0 radical (unpaired) electrons. The maximum Gasteiger partial charge on any atom is 0.335 e. The average Bonchev–Trinajstić information content (AvgIpc) is 2.54. The predicted octanol–water partition coefficient (Wildman–Crippen LogP) is 3.31. The Labute approximate surface area is 144 Å². The number of carboxylic acids is 1. The number of rotatable bonds is 3. The summed E-state index contributed by atoms with van der Waals surface area (Å²) in [6.07, 6.45) is 0. The molecule has 6 heteroatoms. The molecule has 0 bridgehead atoms. The minimum atomic E-state index is -1.01. The molecule has 1 aliphatic heterocycles. The lowest BCUT2D eigenvalue weighted by molar-refractivity contribution is 0.0697. The predicted molar refractivity (Wildman–Crippen MR) is 93.6 cm³/mol. The third kappa shape index (κ3) is 3.27. The molecule has 3 N–H and O–H groups in total. The van der Waals surface area contributed by atoms with Crippen molar-refractivity contribution < 1.29 is 14.6 Å². The molecule has 1 atom stereocenters. The first-order chi connectivity index (χ1) is 11.4. The van der Waals surface area contributed by atoms with Crippen molar-refractivity contribution in [2.75, 3.05) is 13.2 Å². The van der Waals surface area contributed by atoms with Crippen molar-refractivity contribution in [1.82, 2.24) is 0 Å². The first kappa shape index (κ1) is 16.5. The number of aromatic carboxylic acids is 1. The number of carbonyl (C=O) groups is 1. The summed E-state index contributed by atoms with van der Waals surface area (Å²) in [5.41, 5.74) is 7.94. The van der Waals surface area contributed by atoms with Crippen LogP contribution in [0.5, 0.6) is 0 Å². The van der Waals surface area contributed by atoms with Crippen molar-refractivity contribution >= 4 is 23.4 Å². The summed E-state index contributed by atoms with van der Waals surface area (Å²) in [6.45, 7) is 2.73. The first-order valence-electron chi connectivity index (χ1n) is 7.44. The molecule has 0 saturated carbocycles. The number of aliphatic imine (C=N–C) groups is 1. The Hall–Kier alpha value is -2.37. The Morgan fingerprint density at radius 2 is 2.08 bits per heavy atom. The van der Waals surface area contributed by atoms with Crippen LogP contribution in [0.1, 0.15) is 22.8 Å². The van der Waals surface area contributed by atoms with E-state index in [0.717, 1.165) is 16.7 Å². The van der Waals surface area contributed by atoms with Gasteiger partial charge in [0.25, 0.3) is 0 Å². The number of amidine groups is 1. The topological polar surface area (TPSA) is 84.9 Å². The third-order valence-electron chi connectivity index (χ3n) is 3.99. The van der Waals surface area contributed by atoms with Gasteiger partial charge in [0.1, 0.15) is 18.0 Å². The van der Waals surface area contributed by atoms with E-state index >= 15 is 0 Å². The van der Waals surface area contributed by atoms with Gasteiger partial charge in [-0.1, -0.05) is 29.8 Å². The minimum absolute atomic E-state index is 0.150. The second-order valence-electron chi connectivity index (χ2n) is 5.98. The number of hydrogen-bond acceptors (Lipinski definition) is 4. The van der Waals surface area contributed by atoms with Crippen LogP contribution in [0.3, 0.4) is 0 Å². The fraction of sp³-hybridized carbons (Fsp3) is 0.222.